The Hall–Kier alpha value is -0.610. The van der Waals surface area contributed by atoms with Gasteiger partial charge in [-0.1, -0.05) is 56.6 Å². The largest absolute Gasteiger partial charge is 0.423 e. The first-order valence-corrected chi connectivity index (χ1v) is 6.16. The molecule has 15 heavy (non-hydrogen) atoms. The molecule has 2 nitrogen and oxygen atoms in total. The van der Waals surface area contributed by atoms with Gasteiger partial charge < -0.3 is 4.74 Å². The molecule has 0 radical (unpaired) electrons. The Morgan fingerprint density at radius 1 is 1.33 bits per heavy atom. The zero-order valence-electron chi connectivity index (χ0n) is 7.95. The van der Waals surface area contributed by atoms with E-state index in [1.807, 2.05) is 18.2 Å². The van der Waals surface area contributed by atoms with Crippen LogP contribution in [-0.2, 0) is 4.79 Å². The molecule has 1 aromatic carbocycles. The number of ether oxygens (including phenoxy) is 1. The van der Waals surface area contributed by atoms with Gasteiger partial charge in [0.05, 0.1) is 3.74 Å². The molecule has 0 amide bonds. The van der Waals surface area contributed by atoms with E-state index in [1.54, 1.807) is 12.1 Å². The van der Waals surface area contributed by atoms with Crippen LogP contribution in [0, 0.1) is 0 Å². The molecule has 0 N–H and O–H groups in total. The Morgan fingerprint density at radius 3 is 2.47 bits per heavy atom. The van der Waals surface area contributed by atoms with Crippen LogP contribution in [0.5, 0.6) is 5.75 Å². The number of rotatable bonds is 4. The summed E-state index contributed by atoms with van der Waals surface area (Å²) in [6, 6.07) is 8.93. The molecular weight excluding hydrogens is 324 g/mol. The molecule has 0 saturated heterocycles. The van der Waals surface area contributed by atoms with E-state index in [0.29, 0.717) is 17.7 Å². The van der Waals surface area contributed by atoms with E-state index in [4.69, 9.17) is 4.74 Å². The smallest absolute Gasteiger partial charge is 0.338 e. The van der Waals surface area contributed by atoms with Gasteiger partial charge in [-0.2, -0.15) is 0 Å². The molecule has 0 aliphatic rings. The number of hydrogen-bond donors (Lipinski definition) is 0. The van der Waals surface area contributed by atoms with Crippen molar-refractivity contribution < 1.29 is 9.53 Å². The van der Waals surface area contributed by atoms with Crippen molar-refractivity contribution in [3.63, 3.8) is 0 Å². The zero-order valence-corrected chi connectivity index (χ0v) is 11.1. The molecule has 0 bridgehead atoms. The van der Waals surface area contributed by atoms with Gasteiger partial charge in [0.1, 0.15) is 5.75 Å². The lowest BCUT2D eigenvalue weighted by atomic mass is 10.2. The van der Waals surface area contributed by atoms with Gasteiger partial charge in [-0.3, -0.25) is 0 Å². The minimum atomic E-state index is -0.398. The van der Waals surface area contributed by atoms with Gasteiger partial charge in [0, 0.05) is 12.0 Å². The highest BCUT2D eigenvalue weighted by molar-refractivity contribution is 9.24. The lowest BCUT2D eigenvalue weighted by Crippen LogP contribution is -2.11. The van der Waals surface area contributed by atoms with E-state index in [1.165, 1.54) is 0 Å². The second kappa shape index (κ2) is 6.08. The average Bonchev–Trinajstić information content (AvgIpc) is 2.18. The van der Waals surface area contributed by atoms with Gasteiger partial charge >= 0.3 is 5.97 Å². The van der Waals surface area contributed by atoms with Crippen molar-refractivity contribution in [1.82, 2.24) is 0 Å². The average molecular weight is 334 g/mol. The fourth-order valence-electron chi connectivity index (χ4n) is 0.937. The van der Waals surface area contributed by atoms with Gasteiger partial charge in [0.15, 0.2) is 0 Å². The molecule has 0 aliphatic heterocycles. The van der Waals surface area contributed by atoms with E-state index in [0.717, 1.165) is 0 Å². The SMILES string of the molecule is C=C(CC(Br)Br)C(=O)Oc1ccccc1. The lowest BCUT2D eigenvalue weighted by molar-refractivity contribution is -0.130. The van der Waals surface area contributed by atoms with Crippen LogP contribution in [0.3, 0.4) is 0 Å². The maximum Gasteiger partial charge on any atom is 0.338 e. The van der Waals surface area contributed by atoms with Crippen molar-refractivity contribution in [2.75, 3.05) is 0 Å². The first kappa shape index (κ1) is 12.5. The van der Waals surface area contributed by atoms with Crippen molar-refractivity contribution in [3.8, 4) is 5.75 Å². The summed E-state index contributed by atoms with van der Waals surface area (Å²) in [5.41, 5.74) is 0.428. The van der Waals surface area contributed by atoms with Crippen molar-refractivity contribution >= 4 is 37.8 Å². The first-order chi connectivity index (χ1) is 7.09. The second-order valence-corrected chi connectivity index (χ2v) is 6.34. The number of carbonyl (C=O) groups is 1. The third kappa shape index (κ3) is 4.62. The van der Waals surface area contributed by atoms with E-state index < -0.39 is 5.97 Å². The minimum absolute atomic E-state index is 0.0424. The van der Waals surface area contributed by atoms with Crippen molar-refractivity contribution in [2.45, 2.75) is 10.2 Å². The molecule has 0 saturated carbocycles. The van der Waals surface area contributed by atoms with Gasteiger partial charge in [-0.25, -0.2) is 4.79 Å². The van der Waals surface area contributed by atoms with Crippen molar-refractivity contribution in [3.05, 3.63) is 42.5 Å². The first-order valence-electron chi connectivity index (χ1n) is 4.32. The predicted octanol–water partition coefficient (Wildman–Crippen LogP) is 3.65. The molecular formula is C11H10Br2O2. The summed E-state index contributed by atoms with van der Waals surface area (Å²) in [5, 5.41) is 0. The molecule has 80 valence electrons. The number of esters is 1. The Balaban J connectivity index is 2.53. The normalized spacial score (nSPS) is 10.1. The standard InChI is InChI=1S/C11H10Br2O2/c1-8(7-10(12)13)11(14)15-9-5-3-2-4-6-9/h2-6,10H,1,7H2. The van der Waals surface area contributed by atoms with Crippen LogP contribution in [0.2, 0.25) is 0 Å². The third-order valence-corrected chi connectivity index (χ3v) is 2.29. The lowest BCUT2D eigenvalue weighted by Gasteiger charge is -2.06. The van der Waals surface area contributed by atoms with Crippen LogP contribution < -0.4 is 4.74 Å². The molecule has 0 unspecified atom stereocenters. The maximum absolute atomic E-state index is 11.5. The number of benzene rings is 1. The Kier molecular flexibility index (Phi) is 5.05. The quantitative estimate of drug-likeness (QED) is 0.364. The highest BCUT2D eigenvalue weighted by atomic mass is 79.9. The summed E-state index contributed by atoms with van der Waals surface area (Å²) in [4.78, 5) is 11.5. The Labute approximate surface area is 106 Å². The molecule has 0 spiro atoms. The number of hydrogen-bond acceptors (Lipinski definition) is 2. The van der Waals surface area contributed by atoms with Crippen LogP contribution >= 0.6 is 31.9 Å². The molecule has 0 heterocycles. The fraction of sp³-hybridized carbons (Fsp3) is 0.182. The van der Waals surface area contributed by atoms with E-state index in [2.05, 4.69) is 38.4 Å². The molecule has 0 aliphatic carbocycles. The van der Waals surface area contributed by atoms with Crippen LogP contribution in [0.25, 0.3) is 0 Å². The minimum Gasteiger partial charge on any atom is -0.423 e. The van der Waals surface area contributed by atoms with Crippen LogP contribution in [0.1, 0.15) is 6.42 Å². The maximum atomic E-state index is 11.5. The fourth-order valence-corrected chi connectivity index (χ4v) is 1.72. The number of carbonyl (C=O) groups excluding carboxylic acids is 1. The van der Waals surface area contributed by atoms with Gasteiger partial charge in [0.25, 0.3) is 0 Å². The van der Waals surface area contributed by atoms with Crippen molar-refractivity contribution in [2.24, 2.45) is 0 Å². The van der Waals surface area contributed by atoms with Crippen LogP contribution in [0.15, 0.2) is 42.5 Å². The summed E-state index contributed by atoms with van der Waals surface area (Å²) >= 11 is 6.55. The summed E-state index contributed by atoms with van der Waals surface area (Å²) in [5.74, 6) is 0.134. The molecule has 0 atom stereocenters. The van der Waals surface area contributed by atoms with Gasteiger partial charge in [0.2, 0.25) is 0 Å². The van der Waals surface area contributed by atoms with E-state index >= 15 is 0 Å². The zero-order chi connectivity index (χ0) is 11.3. The highest BCUT2D eigenvalue weighted by Crippen LogP contribution is 2.19. The predicted molar refractivity (Wildman–Crippen MR) is 67.5 cm³/mol. The molecule has 0 aromatic heterocycles. The van der Waals surface area contributed by atoms with Crippen LogP contribution in [-0.4, -0.2) is 9.71 Å². The number of halogens is 2. The molecule has 1 rings (SSSR count). The summed E-state index contributed by atoms with van der Waals surface area (Å²) in [6.07, 6.45) is 0.506. The topological polar surface area (TPSA) is 26.3 Å². The molecule has 1 aromatic rings. The second-order valence-electron chi connectivity index (χ2n) is 2.90. The highest BCUT2D eigenvalue weighted by Gasteiger charge is 2.12. The Bertz CT molecular complexity index is 347. The Morgan fingerprint density at radius 2 is 1.93 bits per heavy atom. The van der Waals surface area contributed by atoms with Gasteiger partial charge in [-0.15, -0.1) is 0 Å². The third-order valence-electron chi connectivity index (χ3n) is 1.64. The number of para-hydroxylation sites is 1. The molecule has 0 fully saturated rings. The monoisotopic (exact) mass is 332 g/mol. The van der Waals surface area contributed by atoms with Gasteiger partial charge in [-0.05, 0) is 12.1 Å². The van der Waals surface area contributed by atoms with E-state index in [9.17, 15) is 4.79 Å². The summed E-state index contributed by atoms with van der Waals surface area (Å²) < 4.78 is 5.14. The van der Waals surface area contributed by atoms with E-state index in [-0.39, 0.29) is 3.74 Å². The van der Waals surface area contributed by atoms with Crippen molar-refractivity contribution in [1.29, 1.82) is 0 Å². The van der Waals surface area contributed by atoms with Crippen LogP contribution in [0.4, 0.5) is 0 Å². The number of alkyl halides is 2. The summed E-state index contributed by atoms with van der Waals surface area (Å²) in [7, 11) is 0. The summed E-state index contributed by atoms with van der Waals surface area (Å²) in [6.45, 7) is 3.66. The molecule has 4 heteroatoms.